The zero-order chi connectivity index (χ0) is 18.1. The number of hydrogen-bond donors (Lipinski definition) is 1. The van der Waals surface area contributed by atoms with Crippen molar-refractivity contribution in [2.75, 3.05) is 13.2 Å². The highest BCUT2D eigenvalue weighted by Crippen LogP contribution is 2.23. The summed E-state index contributed by atoms with van der Waals surface area (Å²) in [6.45, 7) is 5.47. The van der Waals surface area contributed by atoms with Crippen LogP contribution in [0.1, 0.15) is 34.3 Å². The van der Waals surface area contributed by atoms with Gasteiger partial charge in [-0.1, -0.05) is 12.1 Å². The molecule has 6 heteroatoms. The van der Waals surface area contributed by atoms with Crippen molar-refractivity contribution in [3.05, 3.63) is 53.3 Å². The highest BCUT2D eigenvalue weighted by molar-refractivity contribution is 5.99. The van der Waals surface area contributed by atoms with Crippen LogP contribution in [0.4, 0.5) is 0 Å². The van der Waals surface area contributed by atoms with E-state index in [4.69, 9.17) is 4.74 Å². The van der Waals surface area contributed by atoms with Crippen LogP contribution in [0.3, 0.4) is 0 Å². The summed E-state index contributed by atoms with van der Waals surface area (Å²) in [5.41, 5.74) is 5.47. The van der Waals surface area contributed by atoms with Crippen LogP contribution in [0.2, 0.25) is 0 Å². The molecule has 1 N–H and O–H groups in total. The average Bonchev–Trinajstić information content (AvgIpc) is 3.31. The molecule has 1 atom stereocenters. The lowest BCUT2D eigenvalue weighted by molar-refractivity contribution is 0.0859. The molecule has 2 aromatic heterocycles. The molecule has 1 amide bonds. The zero-order valence-electron chi connectivity index (χ0n) is 15.0. The minimum Gasteiger partial charge on any atom is -0.376 e. The predicted molar refractivity (Wildman–Crippen MR) is 99.2 cm³/mol. The summed E-state index contributed by atoms with van der Waals surface area (Å²) < 4.78 is 7.28. The highest BCUT2D eigenvalue weighted by Gasteiger charge is 2.20. The van der Waals surface area contributed by atoms with Gasteiger partial charge in [-0.15, -0.1) is 0 Å². The number of hydrogen-bond acceptors (Lipinski definition) is 4. The fourth-order valence-electron chi connectivity index (χ4n) is 3.28. The third-order valence-electron chi connectivity index (χ3n) is 4.96. The van der Waals surface area contributed by atoms with E-state index in [1.165, 1.54) is 11.1 Å². The lowest BCUT2D eigenvalue weighted by Crippen LogP contribution is -2.31. The minimum absolute atomic E-state index is 0.111. The number of nitrogens with zero attached hydrogens (tertiary/aromatic N) is 3. The molecular weight excluding hydrogens is 328 g/mol. The first-order valence-corrected chi connectivity index (χ1v) is 8.93. The fraction of sp³-hybridized carbons (Fsp3) is 0.350. The van der Waals surface area contributed by atoms with Gasteiger partial charge in [0.15, 0.2) is 5.65 Å². The Balaban J connectivity index is 1.64. The summed E-state index contributed by atoms with van der Waals surface area (Å²) in [6.07, 6.45) is 5.46. The summed E-state index contributed by atoms with van der Waals surface area (Å²) in [5.74, 6) is -0.166. The van der Waals surface area contributed by atoms with E-state index in [2.05, 4.69) is 47.4 Å². The summed E-state index contributed by atoms with van der Waals surface area (Å²) in [7, 11) is 0. The third kappa shape index (κ3) is 3.08. The molecule has 1 fully saturated rings. The van der Waals surface area contributed by atoms with Crippen molar-refractivity contribution < 1.29 is 9.53 Å². The monoisotopic (exact) mass is 350 g/mol. The van der Waals surface area contributed by atoms with Gasteiger partial charge in [-0.25, -0.2) is 9.50 Å². The van der Waals surface area contributed by atoms with E-state index in [1.807, 2.05) is 6.07 Å². The van der Waals surface area contributed by atoms with Crippen molar-refractivity contribution in [3.8, 4) is 11.3 Å². The predicted octanol–water partition coefficient (Wildman–Crippen LogP) is 2.92. The van der Waals surface area contributed by atoms with Gasteiger partial charge in [0.1, 0.15) is 5.56 Å². The number of amides is 1. The summed E-state index contributed by atoms with van der Waals surface area (Å²) in [6, 6.07) is 8.20. The molecule has 0 aliphatic carbocycles. The fourth-order valence-corrected chi connectivity index (χ4v) is 3.28. The van der Waals surface area contributed by atoms with E-state index >= 15 is 0 Å². The average molecular weight is 350 g/mol. The molecular formula is C20H22N4O2. The molecule has 6 nitrogen and oxygen atoms in total. The second kappa shape index (κ2) is 6.88. The molecule has 134 valence electrons. The van der Waals surface area contributed by atoms with Crippen LogP contribution in [0.15, 0.2) is 36.7 Å². The van der Waals surface area contributed by atoms with Gasteiger partial charge in [-0.05, 0) is 49.9 Å². The van der Waals surface area contributed by atoms with Crippen LogP contribution in [0.25, 0.3) is 16.9 Å². The van der Waals surface area contributed by atoms with E-state index < -0.39 is 0 Å². The van der Waals surface area contributed by atoms with E-state index in [-0.39, 0.29) is 12.0 Å². The number of aromatic nitrogens is 3. The van der Waals surface area contributed by atoms with Gasteiger partial charge in [0.05, 0.1) is 18.0 Å². The van der Waals surface area contributed by atoms with E-state index in [1.54, 1.807) is 16.9 Å². The molecule has 0 saturated carbocycles. The van der Waals surface area contributed by atoms with Crippen LogP contribution in [-0.2, 0) is 4.74 Å². The number of fused-ring (bicyclic) bond motifs is 1. The Bertz CT molecular complexity index is 958. The molecule has 3 heterocycles. The van der Waals surface area contributed by atoms with Gasteiger partial charge < -0.3 is 10.1 Å². The summed E-state index contributed by atoms with van der Waals surface area (Å²) in [5, 5.41) is 7.35. The number of nitrogens with one attached hydrogen (secondary N) is 1. The summed E-state index contributed by atoms with van der Waals surface area (Å²) in [4.78, 5) is 16.9. The van der Waals surface area contributed by atoms with Crippen LogP contribution < -0.4 is 5.32 Å². The topological polar surface area (TPSA) is 68.5 Å². The third-order valence-corrected chi connectivity index (χ3v) is 4.96. The quantitative estimate of drug-likeness (QED) is 0.785. The largest absolute Gasteiger partial charge is 0.376 e. The van der Waals surface area contributed by atoms with Crippen molar-refractivity contribution in [2.24, 2.45) is 0 Å². The van der Waals surface area contributed by atoms with Crippen LogP contribution in [0.5, 0.6) is 0 Å². The lowest BCUT2D eigenvalue weighted by atomic mass is 10.0. The Hall–Kier alpha value is -2.73. The number of benzene rings is 1. The van der Waals surface area contributed by atoms with Crippen LogP contribution >= 0.6 is 0 Å². The molecule has 1 aromatic carbocycles. The maximum atomic E-state index is 12.6. The summed E-state index contributed by atoms with van der Waals surface area (Å²) >= 11 is 0. The molecule has 0 unspecified atom stereocenters. The normalized spacial score (nSPS) is 16.9. The van der Waals surface area contributed by atoms with Crippen molar-refractivity contribution in [1.82, 2.24) is 19.9 Å². The van der Waals surface area contributed by atoms with Crippen molar-refractivity contribution >= 4 is 11.6 Å². The number of aryl methyl sites for hydroxylation is 2. The van der Waals surface area contributed by atoms with Gasteiger partial charge in [0.25, 0.3) is 5.91 Å². The molecule has 1 saturated heterocycles. The Morgan fingerprint density at radius 1 is 1.31 bits per heavy atom. The first-order valence-electron chi connectivity index (χ1n) is 8.93. The Morgan fingerprint density at radius 2 is 2.19 bits per heavy atom. The molecule has 0 radical (unpaired) electrons. The van der Waals surface area contributed by atoms with Gasteiger partial charge >= 0.3 is 0 Å². The molecule has 0 spiro atoms. The van der Waals surface area contributed by atoms with Gasteiger partial charge in [-0.3, -0.25) is 4.79 Å². The second-order valence-electron chi connectivity index (χ2n) is 6.77. The lowest BCUT2D eigenvalue weighted by Gasteiger charge is -2.10. The Labute approximate surface area is 152 Å². The van der Waals surface area contributed by atoms with E-state index in [9.17, 15) is 4.79 Å². The van der Waals surface area contributed by atoms with E-state index in [0.29, 0.717) is 17.8 Å². The zero-order valence-corrected chi connectivity index (χ0v) is 15.0. The van der Waals surface area contributed by atoms with Gasteiger partial charge in [0.2, 0.25) is 0 Å². The number of ether oxygens (including phenoxy) is 1. The van der Waals surface area contributed by atoms with Gasteiger partial charge in [-0.2, -0.15) is 5.10 Å². The Morgan fingerprint density at radius 3 is 2.96 bits per heavy atom. The number of carbonyl (C=O) groups is 1. The maximum absolute atomic E-state index is 12.6. The molecule has 0 bridgehead atoms. The standard InChI is InChI=1S/C20H22N4O2/c1-13-5-6-15(10-14(13)2)18-7-8-21-19-17(12-23-24(18)19)20(25)22-11-16-4-3-9-26-16/h5-8,10,12,16H,3-4,9,11H2,1-2H3,(H,22,25)/t16-/m1/s1. The Kier molecular flexibility index (Phi) is 4.42. The van der Waals surface area contributed by atoms with Crippen molar-refractivity contribution in [2.45, 2.75) is 32.8 Å². The first kappa shape index (κ1) is 16.7. The van der Waals surface area contributed by atoms with Crippen molar-refractivity contribution in [3.63, 3.8) is 0 Å². The molecule has 1 aliphatic heterocycles. The van der Waals surface area contributed by atoms with Crippen LogP contribution in [-0.4, -0.2) is 39.8 Å². The smallest absolute Gasteiger partial charge is 0.256 e. The van der Waals surface area contributed by atoms with Crippen molar-refractivity contribution in [1.29, 1.82) is 0 Å². The molecule has 3 aromatic rings. The van der Waals surface area contributed by atoms with E-state index in [0.717, 1.165) is 30.7 Å². The highest BCUT2D eigenvalue weighted by atomic mass is 16.5. The van der Waals surface area contributed by atoms with Crippen LogP contribution in [0, 0.1) is 13.8 Å². The van der Waals surface area contributed by atoms with Gasteiger partial charge in [0, 0.05) is 24.9 Å². The molecule has 4 rings (SSSR count). The molecule has 1 aliphatic rings. The number of rotatable bonds is 4. The minimum atomic E-state index is -0.166. The maximum Gasteiger partial charge on any atom is 0.256 e. The number of carbonyl (C=O) groups excluding carboxylic acids is 1. The molecule has 26 heavy (non-hydrogen) atoms. The SMILES string of the molecule is Cc1ccc(-c2ccnc3c(C(=O)NC[C@H]4CCCO4)cnn23)cc1C. The second-order valence-corrected chi connectivity index (χ2v) is 6.77. The first-order chi connectivity index (χ1) is 12.6.